The third-order valence-electron chi connectivity index (χ3n) is 6.14. The van der Waals surface area contributed by atoms with Gasteiger partial charge in [0.05, 0.1) is 24.4 Å². The van der Waals surface area contributed by atoms with E-state index in [4.69, 9.17) is 15.2 Å². The monoisotopic (exact) mass is 416 g/mol. The molecule has 7 nitrogen and oxygen atoms in total. The van der Waals surface area contributed by atoms with Crippen molar-refractivity contribution >= 4 is 17.2 Å². The first-order chi connectivity index (χ1) is 14.7. The second-order valence-corrected chi connectivity index (χ2v) is 8.00. The van der Waals surface area contributed by atoms with Gasteiger partial charge in [0.25, 0.3) is 0 Å². The molecule has 1 aromatic heterocycles. The van der Waals surface area contributed by atoms with Crippen LogP contribution in [0.2, 0.25) is 0 Å². The highest BCUT2D eigenvalue weighted by Gasteiger charge is 2.28. The van der Waals surface area contributed by atoms with E-state index >= 15 is 0 Å². The van der Waals surface area contributed by atoms with Crippen molar-refractivity contribution in [2.75, 3.05) is 19.8 Å². The summed E-state index contributed by atoms with van der Waals surface area (Å²) in [6, 6.07) is 4.58. The molecule has 166 valence electrons. The van der Waals surface area contributed by atoms with Crippen LogP contribution in [0.5, 0.6) is 5.75 Å². The van der Waals surface area contributed by atoms with Crippen LogP contribution in [0.25, 0.3) is 10.9 Å². The van der Waals surface area contributed by atoms with Crippen molar-refractivity contribution in [3.05, 3.63) is 23.9 Å². The van der Waals surface area contributed by atoms with Crippen LogP contribution in [0.15, 0.2) is 18.3 Å². The second kappa shape index (κ2) is 11.4. The Balaban J connectivity index is 0.00000124. The maximum absolute atomic E-state index is 10.8. The number of aldehydes is 1. The number of H-pyrrole nitrogens is 1. The van der Waals surface area contributed by atoms with Crippen LogP contribution in [0, 0.1) is 0 Å². The van der Waals surface area contributed by atoms with Gasteiger partial charge in [-0.1, -0.05) is 13.8 Å². The number of rotatable bonds is 7. The van der Waals surface area contributed by atoms with E-state index in [2.05, 4.69) is 21.6 Å². The van der Waals surface area contributed by atoms with Gasteiger partial charge in [0.15, 0.2) is 6.29 Å². The number of hydrogen-bond acceptors (Lipinski definition) is 6. The summed E-state index contributed by atoms with van der Waals surface area (Å²) >= 11 is 0. The van der Waals surface area contributed by atoms with Crippen LogP contribution < -0.4 is 15.8 Å². The second-order valence-electron chi connectivity index (χ2n) is 8.00. The molecule has 0 spiro atoms. The predicted molar refractivity (Wildman–Crippen MR) is 119 cm³/mol. The number of fused-ring (bicyclic) bond motifs is 1. The molecule has 0 amide bonds. The molecule has 1 aromatic carbocycles. The highest BCUT2D eigenvalue weighted by molar-refractivity contribution is 5.81. The standard InChI is InChI=1S/C21H30N4O3.C2H6/c22-18-2-1-7-23-20(18)13-28-16-5-3-14(4-6-16)17-11-19-15(12-24-25-19)10-21(17)27-9-8-26;1-2/h8,10-12,14,16,18,20,23H,1-7,9,13,22H2,(H,24,25);1-2H3/t14?,16?,18-,20-;/m0./s1. The van der Waals surface area contributed by atoms with Gasteiger partial charge in [-0.05, 0) is 68.7 Å². The van der Waals surface area contributed by atoms with Crippen molar-refractivity contribution in [2.45, 2.75) is 76.5 Å². The van der Waals surface area contributed by atoms with Gasteiger partial charge in [-0.2, -0.15) is 5.10 Å². The lowest BCUT2D eigenvalue weighted by Crippen LogP contribution is -2.52. The Labute approximate surface area is 179 Å². The Hall–Kier alpha value is -1.96. The van der Waals surface area contributed by atoms with E-state index in [1.54, 1.807) is 6.20 Å². The number of piperidine rings is 1. The van der Waals surface area contributed by atoms with Crippen molar-refractivity contribution in [3.63, 3.8) is 0 Å². The Morgan fingerprint density at radius 1 is 1.20 bits per heavy atom. The molecule has 2 heterocycles. The van der Waals surface area contributed by atoms with Crippen LogP contribution in [0.4, 0.5) is 0 Å². The van der Waals surface area contributed by atoms with Gasteiger partial charge < -0.3 is 20.5 Å². The van der Waals surface area contributed by atoms with Gasteiger partial charge in [-0.3, -0.25) is 9.89 Å². The molecular weight excluding hydrogens is 380 g/mol. The smallest absolute Gasteiger partial charge is 0.157 e. The number of ether oxygens (including phenoxy) is 2. The lowest BCUT2D eigenvalue weighted by atomic mass is 9.82. The molecule has 7 heteroatoms. The van der Waals surface area contributed by atoms with E-state index in [0.29, 0.717) is 18.6 Å². The fraction of sp³-hybridized carbons (Fsp3) is 0.652. The lowest BCUT2D eigenvalue weighted by Gasteiger charge is -2.33. The van der Waals surface area contributed by atoms with E-state index in [-0.39, 0.29) is 18.7 Å². The van der Waals surface area contributed by atoms with Crippen molar-refractivity contribution < 1.29 is 14.3 Å². The highest BCUT2D eigenvalue weighted by Crippen LogP contribution is 2.40. The molecule has 4 N–H and O–H groups in total. The molecule has 2 aromatic rings. The van der Waals surface area contributed by atoms with Crippen LogP contribution in [-0.4, -0.2) is 54.4 Å². The number of aromatic nitrogens is 2. The molecule has 1 aliphatic carbocycles. The van der Waals surface area contributed by atoms with Crippen LogP contribution in [0.3, 0.4) is 0 Å². The molecule has 1 saturated carbocycles. The topological polar surface area (TPSA) is 102 Å². The molecule has 1 saturated heterocycles. The Bertz CT molecular complexity index is 786. The maximum atomic E-state index is 10.8. The number of benzene rings is 1. The van der Waals surface area contributed by atoms with E-state index in [0.717, 1.165) is 73.6 Å². The van der Waals surface area contributed by atoms with E-state index in [1.165, 1.54) is 0 Å². The first-order valence-corrected chi connectivity index (χ1v) is 11.4. The Morgan fingerprint density at radius 3 is 2.73 bits per heavy atom. The average molecular weight is 417 g/mol. The molecule has 4 rings (SSSR count). The number of carbonyl (C=O) groups is 1. The van der Waals surface area contributed by atoms with Gasteiger partial charge in [0.2, 0.25) is 0 Å². The minimum atomic E-state index is 0.0729. The van der Waals surface area contributed by atoms with Crippen LogP contribution in [-0.2, 0) is 9.53 Å². The Kier molecular flexibility index (Phi) is 8.66. The summed E-state index contributed by atoms with van der Waals surface area (Å²) in [5, 5.41) is 11.6. The van der Waals surface area contributed by atoms with Gasteiger partial charge in [-0.25, -0.2) is 0 Å². The maximum Gasteiger partial charge on any atom is 0.157 e. The minimum Gasteiger partial charge on any atom is -0.486 e. The third kappa shape index (κ3) is 5.59. The summed E-state index contributed by atoms with van der Waals surface area (Å²) in [6.45, 7) is 5.81. The molecule has 2 fully saturated rings. The molecule has 1 aliphatic heterocycles. The van der Waals surface area contributed by atoms with E-state index in [9.17, 15) is 4.79 Å². The molecule has 0 unspecified atom stereocenters. The molecule has 2 aliphatic rings. The fourth-order valence-corrected chi connectivity index (χ4v) is 4.50. The summed E-state index contributed by atoms with van der Waals surface area (Å²) in [4.78, 5) is 10.8. The molecule has 30 heavy (non-hydrogen) atoms. The van der Waals surface area contributed by atoms with Crippen LogP contribution in [0.1, 0.15) is 63.9 Å². The largest absolute Gasteiger partial charge is 0.486 e. The lowest BCUT2D eigenvalue weighted by molar-refractivity contribution is -0.109. The fourth-order valence-electron chi connectivity index (χ4n) is 4.50. The zero-order chi connectivity index (χ0) is 21.3. The molecule has 2 atom stereocenters. The summed E-state index contributed by atoms with van der Waals surface area (Å²) in [6.07, 6.45) is 9.24. The summed E-state index contributed by atoms with van der Waals surface area (Å²) in [7, 11) is 0. The van der Waals surface area contributed by atoms with Crippen molar-refractivity contribution in [1.29, 1.82) is 0 Å². The summed E-state index contributed by atoms with van der Waals surface area (Å²) in [5.74, 6) is 1.20. The van der Waals surface area contributed by atoms with Gasteiger partial charge in [0.1, 0.15) is 12.4 Å². The number of nitrogens with zero attached hydrogens (tertiary/aromatic N) is 1. The normalized spacial score (nSPS) is 26.6. The zero-order valence-corrected chi connectivity index (χ0v) is 18.2. The number of hydrogen-bond donors (Lipinski definition) is 3. The summed E-state index contributed by atoms with van der Waals surface area (Å²) in [5.41, 5.74) is 8.36. The number of carbonyl (C=O) groups excluding carboxylic acids is 1. The number of aromatic amines is 1. The first-order valence-electron chi connectivity index (χ1n) is 11.4. The van der Waals surface area contributed by atoms with Crippen molar-refractivity contribution in [3.8, 4) is 5.75 Å². The molecule has 0 radical (unpaired) electrons. The third-order valence-corrected chi connectivity index (χ3v) is 6.14. The first kappa shape index (κ1) is 22.7. The SMILES string of the molecule is CC.N[C@H]1CCCN[C@H]1COC1CCC(c2cc3[nH]ncc3cc2OCC=O)CC1. The summed E-state index contributed by atoms with van der Waals surface area (Å²) < 4.78 is 11.9. The van der Waals surface area contributed by atoms with Crippen LogP contribution >= 0.6 is 0 Å². The van der Waals surface area contributed by atoms with E-state index in [1.807, 2.05) is 19.9 Å². The van der Waals surface area contributed by atoms with E-state index < -0.39 is 0 Å². The molecule has 0 bridgehead atoms. The van der Waals surface area contributed by atoms with Gasteiger partial charge in [0, 0.05) is 17.5 Å². The van der Waals surface area contributed by atoms with Gasteiger partial charge in [-0.15, -0.1) is 0 Å². The van der Waals surface area contributed by atoms with Gasteiger partial charge >= 0.3 is 0 Å². The predicted octanol–water partition coefficient (Wildman–Crippen LogP) is 3.29. The Morgan fingerprint density at radius 2 is 2.00 bits per heavy atom. The zero-order valence-electron chi connectivity index (χ0n) is 18.2. The number of nitrogens with two attached hydrogens (primary N) is 1. The quantitative estimate of drug-likeness (QED) is 0.599. The average Bonchev–Trinajstić information content (AvgIpc) is 3.26. The minimum absolute atomic E-state index is 0.0729. The van der Waals surface area contributed by atoms with Crippen molar-refractivity contribution in [2.24, 2.45) is 5.73 Å². The van der Waals surface area contributed by atoms with Crippen molar-refractivity contribution in [1.82, 2.24) is 15.5 Å². The number of nitrogens with one attached hydrogen (secondary N) is 2. The molecular formula is C23H36N4O3. The highest BCUT2D eigenvalue weighted by atomic mass is 16.5.